The van der Waals surface area contributed by atoms with Gasteiger partial charge in [-0.25, -0.2) is 9.36 Å². The van der Waals surface area contributed by atoms with E-state index in [9.17, 15) is 34.1 Å². The van der Waals surface area contributed by atoms with Gasteiger partial charge in [-0.2, -0.15) is 0 Å². The van der Waals surface area contributed by atoms with Crippen molar-refractivity contribution in [3.63, 3.8) is 0 Å². The van der Waals surface area contributed by atoms with Crippen molar-refractivity contribution in [3.05, 3.63) is 0 Å². The summed E-state index contributed by atoms with van der Waals surface area (Å²) < 4.78 is 26.6. The summed E-state index contributed by atoms with van der Waals surface area (Å²) in [6.45, 7) is 2.48. The van der Waals surface area contributed by atoms with Crippen LogP contribution < -0.4 is 5.32 Å². The molecule has 0 aliphatic rings. The van der Waals surface area contributed by atoms with Crippen molar-refractivity contribution < 1.29 is 47.8 Å². The van der Waals surface area contributed by atoms with Crippen molar-refractivity contribution in [2.24, 2.45) is 0 Å². The molecule has 1 amide bonds. The van der Waals surface area contributed by atoms with Gasteiger partial charge in [0, 0.05) is 12.8 Å². The molecule has 3 atom stereocenters. The molecule has 0 aromatic rings. The number of amides is 1. The van der Waals surface area contributed by atoms with Crippen molar-refractivity contribution in [2.75, 3.05) is 19.8 Å². The lowest BCUT2D eigenvalue weighted by Gasteiger charge is -2.18. The minimum atomic E-state index is -4.73. The first-order valence-corrected chi connectivity index (χ1v) is 22.1. The monoisotopic (exact) mass is 750 g/mol. The van der Waals surface area contributed by atoms with Gasteiger partial charge in [0.2, 0.25) is 5.91 Å². The molecule has 0 saturated heterocycles. The Hall–Kier alpha value is -1.52. The number of carbonyl (C=O) groups is 3. The number of phosphoric ester groups is 1. The van der Waals surface area contributed by atoms with Gasteiger partial charge >= 0.3 is 19.8 Å². The van der Waals surface area contributed by atoms with Gasteiger partial charge in [0.25, 0.3) is 0 Å². The fraction of sp³-hybridized carbons (Fsp3) is 0.923. The van der Waals surface area contributed by atoms with Gasteiger partial charge in [0.15, 0.2) is 6.04 Å². The van der Waals surface area contributed by atoms with Crippen molar-refractivity contribution in [1.29, 1.82) is 0 Å². The number of unbranched alkanes of at least 4 members (excludes halogenated alkanes) is 25. The maximum atomic E-state index is 12.1. The second-order valence-corrected chi connectivity index (χ2v) is 15.6. The number of nitrogens with one attached hydrogen (secondary N) is 1. The number of rotatable bonds is 39. The minimum absolute atomic E-state index is 0.144. The molecular formula is C39H76NO10P. The highest BCUT2D eigenvalue weighted by Gasteiger charge is 2.28. The van der Waals surface area contributed by atoms with Crippen LogP contribution in [0, 0.1) is 0 Å². The van der Waals surface area contributed by atoms with Crippen molar-refractivity contribution in [3.8, 4) is 0 Å². The van der Waals surface area contributed by atoms with E-state index in [1.54, 1.807) is 0 Å². The summed E-state index contributed by atoms with van der Waals surface area (Å²) in [4.78, 5) is 45.3. The lowest BCUT2D eigenvalue weighted by molar-refractivity contribution is -0.147. The van der Waals surface area contributed by atoms with Gasteiger partial charge in [0.05, 0.1) is 13.2 Å². The van der Waals surface area contributed by atoms with Gasteiger partial charge in [-0.05, 0) is 12.8 Å². The fourth-order valence-corrected chi connectivity index (χ4v) is 6.68. The number of esters is 1. The molecule has 4 N–H and O–H groups in total. The van der Waals surface area contributed by atoms with Crippen LogP contribution in [0.1, 0.15) is 200 Å². The summed E-state index contributed by atoms with van der Waals surface area (Å²) in [6, 6.07) is -1.54. The quantitative estimate of drug-likeness (QED) is 0.0270. The number of aliphatic carboxylic acids is 1. The van der Waals surface area contributed by atoms with E-state index in [0.29, 0.717) is 12.8 Å². The van der Waals surface area contributed by atoms with Crippen LogP contribution in [0.25, 0.3) is 0 Å². The van der Waals surface area contributed by atoms with Gasteiger partial charge < -0.3 is 25.2 Å². The van der Waals surface area contributed by atoms with Crippen LogP contribution in [0.3, 0.4) is 0 Å². The Labute approximate surface area is 310 Å². The predicted molar refractivity (Wildman–Crippen MR) is 204 cm³/mol. The Morgan fingerprint density at radius 2 is 0.902 bits per heavy atom. The predicted octanol–water partition coefficient (Wildman–Crippen LogP) is 9.95. The van der Waals surface area contributed by atoms with Gasteiger partial charge in [-0.15, -0.1) is 0 Å². The summed E-state index contributed by atoms with van der Waals surface area (Å²) in [6.07, 6.45) is 32.1. The molecule has 0 saturated carbocycles. The van der Waals surface area contributed by atoms with Crippen molar-refractivity contribution in [2.45, 2.75) is 212 Å². The molecule has 0 spiro atoms. The zero-order valence-electron chi connectivity index (χ0n) is 32.4. The number of aliphatic hydroxyl groups excluding tert-OH is 1. The maximum absolute atomic E-state index is 12.1. The van der Waals surface area contributed by atoms with Gasteiger partial charge in [-0.3, -0.25) is 18.6 Å². The third kappa shape index (κ3) is 35.3. The molecular weight excluding hydrogens is 673 g/mol. The number of aliphatic hydroxyl groups is 1. The average Bonchev–Trinajstić information content (AvgIpc) is 3.10. The highest BCUT2D eigenvalue weighted by Crippen LogP contribution is 2.43. The lowest BCUT2D eigenvalue weighted by Crippen LogP contribution is -2.43. The van der Waals surface area contributed by atoms with Crippen LogP contribution >= 0.6 is 7.82 Å². The van der Waals surface area contributed by atoms with Gasteiger partial charge in [0.1, 0.15) is 12.7 Å². The van der Waals surface area contributed by atoms with Gasteiger partial charge in [-0.1, -0.05) is 174 Å². The van der Waals surface area contributed by atoms with E-state index in [1.165, 1.54) is 116 Å². The van der Waals surface area contributed by atoms with Crippen molar-refractivity contribution in [1.82, 2.24) is 5.32 Å². The van der Waals surface area contributed by atoms with Crippen LogP contribution in [-0.2, 0) is 32.7 Å². The number of hydrogen-bond donors (Lipinski definition) is 4. The zero-order chi connectivity index (χ0) is 37.8. The van der Waals surface area contributed by atoms with Crippen LogP contribution in [0.15, 0.2) is 0 Å². The summed E-state index contributed by atoms with van der Waals surface area (Å²) in [5.74, 6) is -2.38. The van der Waals surface area contributed by atoms with Crippen LogP contribution in [0.4, 0.5) is 0 Å². The summed E-state index contributed by atoms with van der Waals surface area (Å²) >= 11 is 0. The standard InChI is InChI=1S/C39H76NO10P/c1-3-5-7-9-10-11-12-13-14-15-16-17-18-19-20-21-22-23-24-25-27-29-31-38(43)48-32-35(41)33-49-51(46,47)50-34-36(39(44)45)40-37(42)30-28-26-8-6-4-2/h35-36,41H,3-34H2,1-2H3,(H,40,42)(H,44,45)(H,46,47). The SMILES string of the molecule is CCCCCCCCCCCCCCCCCCCCCCCCC(=O)OCC(O)COP(=O)(O)OCC(NC(=O)CCCCCCC)C(=O)O. The van der Waals surface area contributed by atoms with E-state index < -0.39 is 57.6 Å². The van der Waals surface area contributed by atoms with Crippen LogP contribution in [0.2, 0.25) is 0 Å². The number of carboxylic acids is 1. The number of ether oxygens (including phenoxy) is 1. The van der Waals surface area contributed by atoms with Crippen LogP contribution in [0.5, 0.6) is 0 Å². The first-order chi connectivity index (χ1) is 24.6. The summed E-state index contributed by atoms with van der Waals surface area (Å²) in [5.41, 5.74) is 0. The van der Waals surface area contributed by atoms with E-state index in [2.05, 4.69) is 19.2 Å². The normalized spacial score (nSPS) is 13.8. The summed E-state index contributed by atoms with van der Waals surface area (Å²) in [7, 11) is -4.73. The Bertz CT molecular complexity index is 890. The molecule has 0 rings (SSSR count). The van der Waals surface area contributed by atoms with Crippen molar-refractivity contribution >= 4 is 25.7 Å². The number of phosphoric acid groups is 1. The number of carboxylic acid groups (broad SMARTS) is 1. The molecule has 51 heavy (non-hydrogen) atoms. The first-order valence-electron chi connectivity index (χ1n) is 20.6. The summed E-state index contributed by atoms with van der Waals surface area (Å²) in [5, 5.41) is 21.6. The molecule has 302 valence electrons. The van der Waals surface area contributed by atoms with E-state index in [-0.39, 0.29) is 12.8 Å². The third-order valence-electron chi connectivity index (χ3n) is 9.15. The second-order valence-electron chi connectivity index (χ2n) is 14.2. The molecule has 0 aliphatic carbocycles. The Morgan fingerprint density at radius 3 is 1.29 bits per heavy atom. The highest BCUT2D eigenvalue weighted by atomic mass is 31.2. The maximum Gasteiger partial charge on any atom is 0.472 e. The van der Waals surface area contributed by atoms with E-state index >= 15 is 0 Å². The number of hydrogen-bond acceptors (Lipinski definition) is 8. The molecule has 0 aliphatic heterocycles. The molecule has 0 heterocycles. The van der Waals surface area contributed by atoms with Crippen LogP contribution in [-0.4, -0.2) is 64.9 Å². The molecule has 3 unspecified atom stereocenters. The highest BCUT2D eigenvalue weighted by molar-refractivity contribution is 7.47. The number of carbonyl (C=O) groups excluding carboxylic acids is 2. The molecule has 0 aromatic heterocycles. The second kappa shape index (κ2) is 35.5. The fourth-order valence-electron chi connectivity index (χ4n) is 5.90. The lowest BCUT2D eigenvalue weighted by atomic mass is 10.0. The molecule has 0 aromatic carbocycles. The molecule has 0 fully saturated rings. The topological polar surface area (TPSA) is 169 Å². The molecule has 11 nitrogen and oxygen atoms in total. The smallest absolute Gasteiger partial charge is 0.472 e. The van der Waals surface area contributed by atoms with E-state index in [4.69, 9.17) is 13.8 Å². The minimum Gasteiger partial charge on any atom is -0.480 e. The molecule has 12 heteroatoms. The Morgan fingerprint density at radius 1 is 0.549 bits per heavy atom. The van der Waals surface area contributed by atoms with E-state index in [1.807, 2.05) is 0 Å². The zero-order valence-corrected chi connectivity index (χ0v) is 33.3. The Balaban J connectivity index is 3.70. The first kappa shape index (κ1) is 49.5. The molecule has 0 bridgehead atoms. The third-order valence-corrected chi connectivity index (χ3v) is 10.1. The molecule has 0 radical (unpaired) electrons. The van der Waals surface area contributed by atoms with E-state index in [0.717, 1.165) is 44.9 Å². The Kier molecular flexibility index (Phi) is 34.4. The average molecular weight is 750 g/mol. The largest absolute Gasteiger partial charge is 0.480 e.